The van der Waals surface area contributed by atoms with E-state index in [1.165, 1.54) is 15.7 Å². The summed E-state index contributed by atoms with van der Waals surface area (Å²) in [5.41, 5.74) is 4.99. The first-order valence-electron chi connectivity index (χ1n) is 9.05. The predicted molar refractivity (Wildman–Crippen MR) is 106 cm³/mol. The van der Waals surface area contributed by atoms with E-state index in [-0.39, 0.29) is 17.7 Å². The largest absolute Gasteiger partial charge is 0.462 e. The number of ether oxygens (including phenoxy) is 1. The molecule has 0 radical (unpaired) electrons. The molecule has 0 saturated heterocycles. The number of benzene rings is 1. The lowest BCUT2D eigenvalue weighted by Crippen LogP contribution is -2.39. The van der Waals surface area contributed by atoms with Gasteiger partial charge in [0.05, 0.1) is 17.5 Å². The first-order valence-corrected chi connectivity index (χ1v) is 9.05. The molecule has 0 unspecified atom stereocenters. The van der Waals surface area contributed by atoms with Gasteiger partial charge in [-0.05, 0) is 64.8 Å². The molecule has 0 spiro atoms. The molecule has 0 saturated carbocycles. The summed E-state index contributed by atoms with van der Waals surface area (Å²) in [6.45, 7) is 12.2. The molecule has 6 heteroatoms. The third-order valence-corrected chi connectivity index (χ3v) is 4.84. The molecule has 1 aromatic carbocycles. The Hall–Kier alpha value is -2.50. The maximum absolute atomic E-state index is 13.2. The minimum absolute atomic E-state index is 0.0570. The van der Waals surface area contributed by atoms with Gasteiger partial charge >= 0.3 is 6.01 Å². The highest BCUT2D eigenvalue weighted by Gasteiger charge is 2.34. The summed E-state index contributed by atoms with van der Waals surface area (Å²) in [5, 5.41) is 0. The zero-order chi connectivity index (χ0) is 19.3. The standard InChI is InChI=1S/C20H28N4O2/c1-11(2)24-16-10-14(6)13(5)9-15(16)22(7)18-17(24)19(25)23(8)20(21-18)26-12(3)4/h9-12H,1-8H3. The molecule has 6 nitrogen and oxygen atoms in total. The van der Waals surface area contributed by atoms with Crippen molar-refractivity contribution in [3.05, 3.63) is 33.6 Å². The average molecular weight is 356 g/mol. The third-order valence-electron chi connectivity index (χ3n) is 4.84. The maximum atomic E-state index is 13.2. The van der Waals surface area contributed by atoms with Gasteiger partial charge in [-0.1, -0.05) is 0 Å². The van der Waals surface area contributed by atoms with Gasteiger partial charge in [-0.25, -0.2) is 0 Å². The van der Waals surface area contributed by atoms with Crippen LogP contribution in [-0.4, -0.2) is 28.7 Å². The van der Waals surface area contributed by atoms with Gasteiger partial charge in [-0.3, -0.25) is 9.36 Å². The van der Waals surface area contributed by atoms with Crippen LogP contribution >= 0.6 is 0 Å². The minimum Gasteiger partial charge on any atom is -0.462 e. The van der Waals surface area contributed by atoms with Gasteiger partial charge in [0.1, 0.15) is 0 Å². The van der Waals surface area contributed by atoms with Crippen molar-refractivity contribution in [1.29, 1.82) is 0 Å². The number of rotatable bonds is 3. The summed E-state index contributed by atoms with van der Waals surface area (Å²) in [6, 6.07) is 4.77. The van der Waals surface area contributed by atoms with Gasteiger partial charge in [-0.15, -0.1) is 0 Å². The number of aryl methyl sites for hydroxylation is 2. The van der Waals surface area contributed by atoms with Crippen LogP contribution in [0.1, 0.15) is 38.8 Å². The van der Waals surface area contributed by atoms with Crippen molar-refractivity contribution in [1.82, 2.24) is 9.55 Å². The van der Waals surface area contributed by atoms with Crippen LogP contribution in [0.25, 0.3) is 0 Å². The Labute approximate surface area is 155 Å². The van der Waals surface area contributed by atoms with E-state index in [1.807, 2.05) is 25.8 Å². The van der Waals surface area contributed by atoms with Crippen molar-refractivity contribution in [2.45, 2.75) is 53.7 Å². The third kappa shape index (κ3) is 2.73. The molecule has 0 fully saturated rings. The summed E-state index contributed by atoms with van der Waals surface area (Å²) in [6.07, 6.45) is -0.0570. The van der Waals surface area contributed by atoms with Gasteiger partial charge < -0.3 is 14.5 Å². The molecule has 1 aliphatic heterocycles. The molecule has 140 valence electrons. The fourth-order valence-corrected chi connectivity index (χ4v) is 3.34. The Morgan fingerprint density at radius 2 is 1.58 bits per heavy atom. The average Bonchev–Trinajstić information content (AvgIpc) is 2.54. The number of anilines is 4. The topological polar surface area (TPSA) is 50.6 Å². The second-order valence-corrected chi connectivity index (χ2v) is 7.55. The Kier molecular flexibility index (Phi) is 4.46. The van der Waals surface area contributed by atoms with E-state index in [0.717, 1.165) is 11.4 Å². The van der Waals surface area contributed by atoms with Gasteiger partial charge in [0.25, 0.3) is 5.56 Å². The van der Waals surface area contributed by atoms with Gasteiger partial charge in [0.15, 0.2) is 11.5 Å². The van der Waals surface area contributed by atoms with E-state index < -0.39 is 0 Å². The smallest absolute Gasteiger partial charge is 0.301 e. The summed E-state index contributed by atoms with van der Waals surface area (Å²) in [4.78, 5) is 22.0. The molecule has 0 amide bonds. The second-order valence-electron chi connectivity index (χ2n) is 7.55. The SMILES string of the molecule is Cc1cc2c(cc1C)N(C(C)C)c1c(nc(OC(C)C)n(C)c1=O)N2C. The summed E-state index contributed by atoms with van der Waals surface area (Å²) in [7, 11) is 3.66. The molecule has 2 aromatic rings. The van der Waals surface area contributed by atoms with Gasteiger partial charge in [-0.2, -0.15) is 4.98 Å². The van der Waals surface area contributed by atoms with Crippen molar-refractivity contribution in [3.8, 4) is 6.01 Å². The molecule has 0 bridgehead atoms. The molecule has 0 atom stereocenters. The second kappa shape index (κ2) is 6.34. The maximum Gasteiger partial charge on any atom is 0.301 e. The fraction of sp³-hybridized carbons (Fsp3) is 0.500. The van der Waals surface area contributed by atoms with E-state index in [2.05, 4.69) is 44.7 Å². The summed E-state index contributed by atoms with van der Waals surface area (Å²) >= 11 is 0. The lowest BCUT2D eigenvalue weighted by atomic mass is 10.0. The summed E-state index contributed by atoms with van der Waals surface area (Å²) in [5.74, 6) is 0.633. The molecule has 1 aromatic heterocycles. The van der Waals surface area contributed by atoms with Crippen LogP contribution in [0.2, 0.25) is 0 Å². The zero-order valence-corrected chi connectivity index (χ0v) is 16.9. The molecule has 0 aliphatic carbocycles. The first-order chi connectivity index (χ1) is 12.1. The van der Waals surface area contributed by atoms with Crippen LogP contribution < -0.4 is 20.1 Å². The monoisotopic (exact) mass is 356 g/mol. The highest BCUT2D eigenvalue weighted by molar-refractivity contribution is 5.92. The van der Waals surface area contributed by atoms with Crippen LogP contribution in [0.5, 0.6) is 6.01 Å². The van der Waals surface area contributed by atoms with Crippen LogP contribution in [-0.2, 0) is 7.05 Å². The molecule has 1 aliphatic rings. The molecule has 0 N–H and O–H groups in total. The van der Waals surface area contributed by atoms with Crippen molar-refractivity contribution >= 4 is 22.9 Å². The number of hydrogen-bond donors (Lipinski definition) is 0. The van der Waals surface area contributed by atoms with Gasteiger partial charge in [0.2, 0.25) is 0 Å². The van der Waals surface area contributed by atoms with E-state index >= 15 is 0 Å². The van der Waals surface area contributed by atoms with Crippen LogP contribution in [0, 0.1) is 13.8 Å². The lowest BCUT2D eigenvalue weighted by Gasteiger charge is -2.40. The van der Waals surface area contributed by atoms with Crippen molar-refractivity contribution in [3.63, 3.8) is 0 Å². The molecule has 2 heterocycles. The highest BCUT2D eigenvalue weighted by atomic mass is 16.5. The van der Waals surface area contributed by atoms with E-state index in [4.69, 9.17) is 9.72 Å². The molecular weight excluding hydrogens is 328 g/mol. The fourth-order valence-electron chi connectivity index (χ4n) is 3.34. The predicted octanol–water partition coefficient (Wildman–Crippen LogP) is 3.81. The van der Waals surface area contributed by atoms with Gasteiger partial charge in [0, 0.05) is 20.1 Å². The van der Waals surface area contributed by atoms with E-state index in [1.54, 1.807) is 7.05 Å². The van der Waals surface area contributed by atoms with Crippen LogP contribution in [0.3, 0.4) is 0 Å². The molecular formula is C20H28N4O2. The number of fused-ring (bicyclic) bond motifs is 2. The van der Waals surface area contributed by atoms with Crippen molar-refractivity contribution in [2.24, 2.45) is 7.05 Å². The van der Waals surface area contributed by atoms with Crippen LogP contribution in [0.4, 0.5) is 22.9 Å². The minimum atomic E-state index is -0.102. The van der Waals surface area contributed by atoms with Crippen molar-refractivity contribution in [2.75, 3.05) is 16.8 Å². The number of hydrogen-bond acceptors (Lipinski definition) is 5. The Morgan fingerprint density at radius 1 is 1.00 bits per heavy atom. The molecule has 26 heavy (non-hydrogen) atoms. The quantitative estimate of drug-likeness (QED) is 0.837. The first kappa shape index (κ1) is 18.3. The normalized spacial score (nSPS) is 13.3. The van der Waals surface area contributed by atoms with Crippen LogP contribution in [0.15, 0.2) is 16.9 Å². The van der Waals surface area contributed by atoms with E-state index in [0.29, 0.717) is 17.5 Å². The Morgan fingerprint density at radius 3 is 2.12 bits per heavy atom. The Bertz CT molecular complexity index is 915. The Balaban J connectivity index is 2.33. The van der Waals surface area contributed by atoms with Crippen molar-refractivity contribution < 1.29 is 4.74 Å². The molecule has 3 rings (SSSR count). The van der Waals surface area contributed by atoms with E-state index in [9.17, 15) is 4.79 Å². The zero-order valence-electron chi connectivity index (χ0n) is 16.9. The number of aromatic nitrogens is 2. The number of nitrogens with zero attached hydrogens (tertiary/aromatic N) is 4. The summed E-state index contributed by atoms with van der Waals surface area (Å²) < 4.78 is 7.27. The highest BCUT2D eigenvalue weighted by Crippen LogP contribution is 2.47. The lowest BCUT2D eigenvalue weighted by molar-refractivity contribution is 0.211.